The molecular weight excluding hydrogens is 194 g/mol. The molecule has 0 bridgehead atoms. The first kappa shape index (κ1) is 9.30. The summed E-state index contributed by atoms with van der Waals surface area (Å²) in [5.74, 6) is 1.44. The average molecular weight is 209 g/mol. The number of aliphatic hydroxyl groups excluding tert-OH is 1. The predicted molar refractivity (Wildman–Crippen MR) is 52.3 cm³/mol. The molecule has 1 saturated carbocycles. The quantitative estimate of drug-likeness (QED) is 0.743. The summed E-state index contributed by atoms with van der Waals surface area (Å²) in [5.41, 5.74) is 0.152. The summed E-state index contributed by atoms with van der Waals surface area (Å²) < 4.78 is 5.23. The Morgan fingerprint density at radius 2 is 2.33 bits per heavy atom. The molecular formula is C10H15N3O2. The summed E-state index contributed by atoms with van der Waals surface area (Å²) >= 11 is 0. The first-order valence-electron chi connectivity index (χ1n) is 5.43. The summed E-state index contributed by atoms with van der Waals surface area (Å²) in [5, 5.41) is 16.6. The van der Waals surface area contributed by atoms with Crippen LogP contribution >= 0.6 is 0 Å². The Kier molecular flexibility index (Phi) is 1.87. The Morgan fingerprint density at radius 1 is 1.53 bits per heavy atom. The highest BCUT2D eigenvalue weighted by molar-refractivity contribution is 5.15. The molecule has 82 valence electrons. The van der Waals surface area contributed by atoms with E-state index in [0.29, 0.717) is 18.9 Å². The maximum absolute atomic E-state index is 9.39. The van der Waals surface area contributed by atoms with Crippen LogP contribution in [0.15, 0.2) is 4.52 Å². The van der Waals surface area contributed by atoms with E-state index in [4.69, 9.17) is 4.52 Å². The first-order valence-corrected chi connectivity index (χ1v) is 5.43. The second kappa shape index (κ2) is 3.02. The highest BCUT2D eigenvalue weighted by atomic mass is 16.5. The van der Waals surface area contributed by atoms with Gasteiger partial charge in [-0.05, 0) is 19.3 Å². The van der Waals surface area contributed by atoms with Gasteiger partial charge < -0.3 is 14.9 Å². The van der Waals surface area contributed by atoms with E-state index in [1.165, 1.54) is 0 Å². The average Bonchev–Trinajstić information content (AvgIpc) is 2.72. The lowest BCUT2D eigenvalue weighted by molar-refractivity contribution is 0.191. The Balaban J connectivity index is 1.79. The van der Waals surface area contributed by atoms with E-state index in [1.54, 1.807) is 0 Å². The molecule has 0 spiro atoms. The normalized spacial score (nSPS) is 33.2. The van der Waals surface area contributed by atoms with E-state index in [1.807, 2.05) is 0 Å². The zero-order valence-corrected chi connectivity index (χ0v) is 8.73. The summed E-state index contributed by atoms with van der Waals surface area (Å²) in [6, 6.07) is 0.0311. The maximum Gasteiger partial charge on any atom is 0.243 e. The van der Waals surface area contributed by atoms with Gasteiger partial charge in [-0.15, -0.1) is 0 Å². The molecule has 0 amide bonds. The van der Waals surface area contributed by atoms with E-state index < -0.39 is 0 Å². The van der Waals surface area contributed by atoms with Crippen LogP contribution in [0, 0.1) is 0 Å². The second-order valence-corrected chi connectivity index (χ2v) is 4.87. The minimum atomic E-state index is -0.290. The Labute approximate surface area is 87.9 Å². The van der Waals surface area contributed by atoms with Gasteiger partial charge in [-0.1, -0.05) is 12.1 Å². The van der Waals surface area contributed by atoms with Crippen LogP contribution in [-0.2, 0) is 5.41 Å². The molecule has 2 aliphatic rings. The number of hydrogen-bond acceptors (Lipinski definition) is 5. The van der Waals surface area contributed by atoms with Crippen molar-refractivity contribution in [2.75, 3.05) is 6.54 Å². The van der Waals surface area contributed by atoms with Crippen molar-refractivity contribution < 1.29 is 9.63 Å². The Bertz CT molecular complexity index is 372. The molecule has 3 rings (SSSR count). The molecule has 0 unspecified atom stereocenters. The fourth-order valence-corrected chi connectivity index (χ4v) is 1.94. The van der Waals surface area contributed by atoms with Crippen LogP contribution in [0.25, 0.3) is 0 Å². The monoisotopic (exact) mass is 209 g/mol. The molecule has 2 N–H and O–H groups in total. The highest BCUT2D eigenvalue weighted by Crippen LogP contribution is 2.46. The van der Waals surface area contributed by atoms with E-state index in [9.17, 15) is 5.11 Å². The molecule has 2 fully saturated rings. The van der Waals surface area contributed by atoms with Crippen molar-refractivity contribution >= 4 is 0 Å². The zero-order chi connectivity index (χ0) is 10.5. The van der Waals surface area contributed by atoms with Crippen molar-refractivity contribution in [2.45, 2.75) is 43.7 Å². The van der Waals surface area contributed by atoms with Crippen LogP contribution < -0.4 is 5.32 Å². The molecule has 5 nitrogen and oxygen atoms in total. The molecule has 2 heterocycles. The number of nitrogens with zero attached hydrogens (tertiary/aromatic N) is 2. The van der Waals surface area contributed by atoms with E-state index >= 15 is 0 Å². The van der Waals surface area contributed by atoms with Gasteiger partial charge >= 0.3 is 0 Å². The van der Waals surface area contributed by atoms with Gasteiger partial charge in [0.25, 0.3) is 0 Å². The lowest BCUT2D eigenvalue weighted by atomic mass is 10.1. The standard InChI is InChI=1S/C10H15N3O2/c1-10(2-3-10)9-12-8(15-13-9)7-4-6(14)5-11-7/h6-7,11,14H,2-5H2,1H3/t6-,7+/m0/s1. The topological polar surface area (TPSA) is 71.2 Å². The van der Waals surface area contributed by atoms with Gasteiger partial charge in [0.05, 0.1) is 12.1 Å². The number of aromatic nitrogens is 2. The number of rotatable bonds is 2. The number of hydrogen-bond donors (Lipinski definition) is 2. The third kappa shape index (κ3) is 1.55. The van der Waals surface area contributed by atoms with Gasteiger partial charge in [0.15, 0.2) is 5.82 Å². The largest absolute Gasteiger partial charge is 0.392 e. The molecule has 1 aromatic heterocycles. The lowest BCUT2D eigenvalue weighted by Crippen LogP contribution is -2.15. The van der Waals surface area contributed by atoms with Gasteiger partial charge in [0, 0.05) is 12.0 Å². The maximum atomic E-state index is 9.39. The van der Waals surface area contributed by atoms with Crippen LogP contribution in [0.5, 0.6) is 0 Å². The lowest BCUT2D eigenvalue weighted by Gasteiger charge is -2.02. The molecule has 2 atom stereocenters. The smallest absolute Gasteiger partial charge is 0.243 e. The van der Waals surface area contributed by atoms with E-state index in [2.05, 4.69) is 22.4 Å². The molecule has 0 radical (unpaired) electrons. The highest BCUT2D eigenvalue weighted by Gasteiger charge is 2.44. The molecule has 1 aliphatic heterocycles. The van der Waals surface area contributed by atoms with Crippen LogP contribution in [0.2, 0.25) is 0 Å². The summed E-state index contributed by atoms with van der Waals surface area (Å²) in [7, 11) is 0. The number of aliphatic hydroxyl groups is 1. The van der Waals surface area contributed by atoms with Crippen molar-refractivity contribution in [1.82, 2.24) is 15.5 Å². The third-order valence-corrected chi connectivity index (χ3v) is 3.39. The van der Waals surface area contributed by atoms with Crippen molar-refractivity contribution in [3.05, 3.63) is 11.7 Å². The van der Waals surface area contributed by atoms with Crippen molar-refractivity contribution in [3.8, 4) is 0 Å². The minimum Gasteiger partial charge on any atom is -0.392 e. The van der Waals surface area contributed by atoms with Crippen molar-refractivity contribution in [1.29, 1.82) is 0 Å². The number of β-amino-alcohol motifs (C(OH)–C–C–N with tert-alkyl or cyclic N) is 1. The SMILES string of the molecule is CC1(c2noc([C@H]3C[C@H](O)CN3)n2)CC1. The van der Waals surface area contributed by atoms with Crippen LogP contribution in [0.4, 0.5) is 0 Å². The van der Waals surface area contributed by atoms with E-state index in [0.717, 1.165) is 18.7 Å². The van der Waals surface area contributed by atoms with Crippen LogP contribution in [0.1, 0.15) is 43.9 Å². The minimum absolute atomic E-state index is 0.0311. The first-order chi connectivity index (χ1) is 7.17. The summed E-state index contributed by atoms with van der Waals surface area (Å²) in [6.45, 7) is 2.76. The van der Waals surface area contributed by atoms with Crippen LogP contribution in [0.3, 0.4) is 0 Å². The van der Waals surface area contributed by atoms with Gasteiger partial charge in [0.2, 0.25) is 5.89 Å². The molecule has 0 aromatic carbocycles. The van der Waals surface area contributed by atoms with Crippen molar-refractivity contribution in [3.63, 3.8) is 0 Å². The Hall–Kier alpha value is -0.940. The summed E-state index contributed by atoms with van der Waals surface area (Å²) in [6.07, 6.45) is 2.67. The molecule has 15 heavy (non-hydrogen) atoms. The third-order valence-electron chi connectivity index (χ3n) is 3.39. The Morgan fingerprint density at radius 3 is 2.93 bits per heavy atom. The fraction of sp³-hybridized carbons (Fsp3) is 0.800. The van der Waals surface area contributed by atoms with Gasteiger partial charge in [-0.2, -0.15) is 4.98 Å². The van der Waals surface area contributed by atoms with E-state index in [-0.39, 0.29) is 17.6 Å². The van der Waals surface area contributed by atoms with Crippen molar-refractivity contribution in [2.24, 2.45) is 0 Å². The fourth-order valence-electron chi connectivity index (χ4n) is 1.94. The summed E-state index contributed by atoms with van der Waals surface area (Å²) in [4.78, 5) is 4.41. The second-order valence-electron chi connectivity index (χ2n) is 4.87. The van der Waals surface area contributed by atoms with Crippen LogP contribution in [-0.4, -0.2) is 27.9 Å². The molecule has 5 heteroatoms. The van der Waals surface area contributed by atoms with Gasteiger partial charge in [0.1, 0.15) is 0 Å². The molecule has 1 aromatic rings. The zero-order valence-electron chi connectivity index (χ0n) is 8.73. The molecule has 1 aliphatic carbocycles. The van der Waals surface area contributed by atoms with Gasteiger partial charge in [-0.25, -0.2) is 0 Å². The van der Waals surface area contributed by atoms with Gasteiger partial charge in [-0.3, -0.25) is 0 Å². The molecule has 1 saturated heterocycles. The number of nitrogens with one attached hydrogen (secondary N) is 1. The predicted octanol–water partition coefficient (Wildman–Crippen LogP) is 0.516.